The van der Waals surface area contributed by atoms with Gasteiger partial charge in [-0.05, 0) is 23.8 Å². The lowest BCUT2D eigenvalue weighted by atomic mass is 10.2. The molecule has 0 aliphatic rings. The summed E-state index contributed by atoms with van der Waals surface area (Å²) in [6.45, 7) is 0.0641. The van der Waals surface area contributed by atoms with Crippen molar-refractivity contribution in [3.8, 4) is 0 Å². The Morgan fingerprint density at radius 1 is 1.04 bits per heavy atom. The standard InChI is InChI=1S/C18H19F3N2O3S2/c19-18(20,21)15-7-4-8-16(11-15)27-13-17(24)22-9-10-28(25,26)23-12-14-5-2-1-3-6-14/h1-8,11,23H,9-10,12-13H2,(H,22,24). The molecule has 0 spiro atoms. The third kappa shape index (κ3) is 7.91. The average Bonchev–Trinajstić information content (AvgIpc) is 2.65. The number of alkyl halides is 3. The molecule has 10 heteroatoms. The van der Waals surface area contributed by atoms with Crippen LogP contribution in [0.15, 0.2) is 59.5 Å². The van der Waals surface area contributed by atoms with Crippen LogP contribution in [0.3, 0.4) is 0 Å². The van der Waals surface area contributed by atoms with Gasteiger partial charge in [-0.25, -0.2) is 13.1 Å². The first-order valence-corrected chi connectivity index (χ1v) is 10.9. The molecule has 28 heavy (non-hydrogen) atoms. The molecule has 1 amide bonds. The summed E-state index contributed by atoms with van der Waals surface area (Å²) in [5, 5.41) is 2.45. The third-order valence-corrected chi connectivity index (χ3v) is 5.88. The van der Waals surface area contributed by atoms with Gasteiger partial charge in [-0.2, -0.15) is 13.2 Å². The predicted molar refractivity (Wildman–Crippen MR) is 102 cm³/mol. The highest BCUT2D eigenvalue weighted by atomic mass is 32.2. The summed E-state index contributed by atoms with van der Waals surface area (Å²) in [5.74, 6) is -0.862. The second kappa shape index (κ2) is 9.94. The summed E-state index contributed by atoms with van der Waals surface area (Å²) in [5.41, 5.74) is 0.0288. The lowest BCUT2D eigenvalue weighted by Crippen LogP contribution is -2.34. The van der Waals surface area contributed by atoms with Crippen LogP contribution in [0, 0.1) is 0 Å². The van der Waals surface area contributed by atoms with Crippen LogP contribution in [0.25, 0.3) is 0 Å². The Morgan fingerprint density at radius 3 is 2.43 bits per heavy atom. The first kappa shape index (κ1) is 22.3. The Kier molecular flexibility index (Phi) is 7.90. The molecular weight excluding hydrogens is 413 g/mol. The van der Waals surface area contributed by atoms with Crippen LogP contribution in [-0.4, -0.2) is 32.4 Å². The van der Waals surface area contributed by atoms with Crippen molar-refractivity contribution >= 4 is 27.7 Å². The van der Waals surface area contributed by atoms with Gasteiger partial charge >= 0.3 is 6.18 Å². The highest BCUT2D eigenvalue weighted by Crippen LogP contribution is 2.31. The highest BCUT2D eigenvalue weighted by molar-refractivity contribution is 8.00. The second-order valence-corrected chi connectivity index (χ2v) is 8.76. The van der Waals surface area contributed by atoms with Crippen molar-refractivity contribution in [2.45, 2.75) is 17.6 Å². The van der Waals surface area contributed by atoms with Crippen molar-refractivity contribution in [3.63, 3.8) is 0 Å². The van der Waals surface area contributed by atoms with E-state index >= 15 is 0 Å². The van der Waals surface area contributed by atoms with Gasteiger partial charge in [0.2, 0.25) is 15.9 Å². The van der Waals surface area contributed by atoms with Crippen LogP contribution < -0.4 is 10.0 Å². The first-order chi connectivity index (χ1) is 13.2. The fraction of sp³-hybridized carbons (Fsp3) is 0.278. The van der Waals surface area contributed by atoms with Crippen LogP contribution in [-0.2, 0) is 27.5 Å². The Labute approximate surface area is 165 Å². The molecule has 0 unspecified atom stereocenters. The van der Waals surface area contributed by atoms with Crippen molar-refractivity contribution in [3.05, 3.63) is 65.7 Å². The van der Waals surface area contributed by atoms with Crippen LogP contribution in [0.4, 0.5) is 13.2 Å². The van der Waals surface area contributed by atoms with E-state index in [0.717, 1.165) is 29.5 Å². The molecule has 0 heterocycles. The summed E-state index contributed by atoms with van der Waals surface area (Å²) < 4.78 is 64.3. The van der Waals surface area contributed by atoms with E-state index in [9.17, 15) is 26.4 Å². The molecule has 0 radical (unpaired) electrons. The van der Waals surface area contributed by atoms with Gasteiger partial charge in [0.1, 0.15) is 0 Å². The van der Waals surface area contributed by atoms with Crippen molar-refractivity contribution < 1.29 is 26.4 Å². The number of amides is 1. The molecule has 0 aliphatic carbocycles. The Bertz CT molecular complexity index is 888. The van der Waals surface area contributed by atoms with E-state index in [1.807, 2.05) is 6.07 Å². The van der Waals surface area contributed by atoms with Gasteiger partial charge in [0.05, 0.1) is 17.1 Å². The number of carbonyl (C=O) groups is 1. The normalized spacial score (nSPS) is 12.0. The molecule has 2 N–H and O–H groups in total. The minimum absolute atomic E-state index is 0.0912. The van der Waals surface area contributed by atoms with E-state index in [1.54, 1.807) is 24.3 Å². The molecule has 2 aromatic rings. The zero-order chi connectivity index (χ0) is 20.6. The van der Waals surface area contributed by atoms with E-state index in [0.29, 0.717) is 4.90 Å². The molecule has 2 rings (SSSR count). The van der Waals surface area contributed by atoms with Gasteiger partial charge in [0.25, 0.3) is 0 Å². The van der Waals surface area contributed by atoms with Crippen LogP contribution in [0.2, 0.25) is 0 Å². The van der Waals surface area contributed by atoms with E-state index < -0.39 is 27.7 Å². The summed E-state index contributed by atoms with van der Waals surface area (Å²) >= 11 is 0.947. The van der Waals surface area contributed by atoms with Crippen molar-refractivity contribution in [1.29, 1.82) is 0 Å². The molecule has 2 aromatic carbocycles. The Morgan fingerprint density at radius 2 is 1.75 bits per heavy atom. The van der Waals surface area contributed by atoms with Crippen molar-refractivity contribution in [2.24, 2.45) is 0 Å². The maximum Gasteiger partial charge on any atom is 0.416 e. The Hall–Kier alpha value is -2.04. The minimum Gasteiger partial charge on any atom is -0.354 e. The Balaban J connectivity index is 1.72. The van der Waals surface area contributed by atoms with Gasteiger partial charge in [-0.1, -0.05) is 36.4 Å². The maximum atomic E-state index is 12.7. The van der Waals surface area contributed by atoms with E-state index in [4.69, 9.17) is 0 Å². The first-order valence-electron chi connectivity index (χ1n) is 8.24. The van der Waals surface area contributed by atoms with Gasteiger partial charge in [-0.3, -0.25) is 4.79 Å². The van der Waals surface area contributed by atoms with Gasteiger partial charge < -0.3 is 5.32 Å². The molecule has 0 saturated heterocycles. The fourth-order valence-electron chi connectivity index (χ4n) is 2.15. The topological polar surface area (TPSA) is 75.3 Å². The zero-order valence-electron chi connectivity index (χ0n) is 14.7. The largest absolute Gasteiger partial charge is 0.416 e. The molecule has 0 bridgehead atoms. The highest BCUT2D eigenvalue weighted by Gasteiger charge is 2.30. The summed E-state index contributed by atoms with van der Waals surface area (Å²) in [6, 6.07) is 13.7. The van der Waals surface area contributed by atoms with Crippen molar-refractivity contribution in [1.82, 2.24) is 10.0 Å². The van der Waals surface area contributed by atoms with Crippen LogP contribution in [0.5, 0.6) is 0 Å². The SMILES string of the molecule is O=C(CSc1cccc(C(F)(F)F)c1)NCCS(=O)(=O)NCc1ccccc1. The molecule has 152 valence electrons. The maximum absolute atomic E-state index is 12.7. The van der Waals surface area contributed by atoms with Crippen LogP contribution in [0.1, 0.15) is 11.1 Å². The number of carbonyl (C=O) groups excluding carboxylic acids is 1. The number of rotatable bonds is 9. The minimum atomic E-state index is -4.44. The summed E-state index contributed by atoms with van der Waals surface area (Å²) in [6.07, 6.45) is -4.44. The molecule has 0 aliphatic heterocycles. The van der Waals surface area contributed by atoms with E-state index in [2.05, 4.69) is 10.0 Å². The lowest BCUT2D eigenvalue weighted by Gasteiger charge is -2.09. The van der Waals surface area contributed by atoms with E-state index in [-0.39, 0.29) is 24.6 Å². The lowest BCUT2D eigenvalue weighted by molar-refractivity contribution is -0.137. The molecule has 0 saturated carbocycles. The monoisotopic (exact) mass is 432 g/mol. The molecular formula is C18H19F3N2O3S2. The molecule has 0 atom stereocenters. The van der Waals surface area contributed by atoms with Gasteiger partial charge in [0.15, 0.2) is 0 Å². The zero-order valence-corrected chi connectivity index (χ0v) is 16.3. The smallest absolute Gasteiger partial charge is 0.354 e. The van der Waals surface area contributed by atoms with E-state index in [1.165, 1.54) is 12.1 Å². The number of hydrogen-bond donors (Lipinski definition) is 2. The van der Waals surface area contributed by atoms with Crippen LogP contribution >= 0.6 is 11.8 Å². The number of thioether (sulfide) groups is 1. The second-order valence-electron chi connectivity index (χ2n) is 5.79. The number of benzene rings is 2. The summed E-state index contributed by atoms with van der Waals surface area (Å²) in [7, 11) is -3.56. The predicted octanol–water partition coefficient (Wildman–Crippen LogP) is 3.03. The van der Waals surface area contributed by atoms with Crippen molar-refractivity contribution in [2.75, 3.05) is 18.1 Å². The quantitative estimate of drug-likeness (QED) is 0.598. The fourth-order valence-corrected chi connectivity index (χ4v) is 3.83. The molecule has 0 aromatic heterocycles. The third-order valence-electron chi connectivity index (χ3n) is 3.56. The number of halogens is 3. The summed E-state index contributed by atoms with van der Waals surface area (Å²) in [4.78, 5) is 12.1. The number of nitrogens with one attached hydrogen (secondary N) is 2. The average molecular weight is 432 g/mol. The molecule has 0 fully saturated rings. The van der Waals surface area contributed by atoms with Gasteiger partial charge in [0, 0.05) is 18.0 Å². The molecule has 5 nitrogen and oxygen atoms in total. The number of hydrogen-bond acceptors (Lipinski definition) is 4. The van der Waals surface area contributed by atoms with Gasteiger partial charge in [-0.15, -0.1) is 11.8 Å². The number of sulfonamides is 1.